The van der Waals surface area contributed by atoms with Crippen molar-refractivity contribution in [1.29, 1.82) is 0 Å². The van der Waals surface area contributed by atoms with Crippen molar-refractivity contribution in [3.05, 3.63) is 0 Å². The van der Waals surface area contributed by atoms with Gasteiger partial charge in [-0.2, -0.15) is 0 Å². The Morgan fingerprint density at radius 1 is 0.857 bits per heavy atom. The van der Waals surface area contributed by atoms with Crippen molar-refractivity contribution in [2.75, 3.05) is 0 Å². The predicted octanol–water partition coefficient (Wildman–Crippen LogP) is -2.73. The summed E-state index contributed by atoms with van der Waals surface area (Å²) in [5, 5.41) is 0. The van der Waals surface area contributed by atoms with Crippen LogP contribution in [0, 0.1) is 0 Å². The molecule has 0 aromatic rings. The Hall–Kier alpha value is 2.12. The molecule has 0 aromatic carbocycles. The molecule has 0 aliphatic heterocycles. The van der Waals surface area contributed by atoms with Crippen molar-refractivity contribution in [3.8, 4) is 0 Å². The number of hydrogen-bond donors (Lipinski definition) is 4. The quantitative estimate of drug-likeness (QED) is 0.302. The van der Waals surface area contributed by atoms with E-state index < -0.39 is 18.1 Å². The molecule has 0 unspecified atom stereocenters. The third-order valence-electron chi connectivity index (χ3n) is 0. The molecule has 0 saturated carbocycles. The Morgan fingerprint density at radius 2 is 0.857 bits per heavy atom. The minimum absolute atomic E-state index is 0. The van der Waals surface area contributed by atoms with Crippen molar-refractivity contribution >= 4 is 51.4 Å². The zero-order valence-electron chi connectivity index (χ0n) is 2.70. The number of hydrogen-bond acceptors (Lipinski definition) is 4. The van der Waals surface area contributed by atoms with Gasteiger partial charge in [-0.3, -0.25) is 4.70 Å². The third kappa shape index (κ3) is 67.6. The van der Waals surface area contributed by atoms with Crippen LogP contribution in [0.4, 0.5) is 4.70 Å². The Bertz CT molecular complexity index is 27.2. The summed E-state index contributed by atoms with van der Waals surface area (Å²) in [6.07, 6.45) is 0. The molecule has 0 amide bonds. The van der Waals surface area contributed by atoms with Crippen LogP contribution in [-0.4, -0.2) is 66.1 Å². The molecule has 0 radical (unpaired) electrons. The van der Waals surface area contributed by atoms with Crippen molar-refractivity contribution in [1.82, 2.24) is 0 Å². The zero-order chi connectivity index (χ0) is 4.50. The van der Waals surface area contributed by atoms with Crippen molar-refractivity contribution in [2.24, 2.45) is 0 Å². The first-order valence-electron chi connectivity index (χ1n) is 0.894. The Kier molecular flexibility index (Phi) is 14.3. The minimum atomic E-state index is -5.00. The van der Waals surface area contributed by atoms with Gasteiger partial charge in [0.1, 0.15) is 0 Å². The van der Waals surface area contributed by atoms with Gasteiger partial charge in [0.25, 0.3) is 0 Å². The van der Waals surface area contributed by atoms with Crippen LogP contribution in [0.25, 0.3) is 0 Å². The molecule has 0 spiro atoms. The molecule has 0 saturated heterocycles. The van der Waals surface area contributed by atoms with Gasteiger partial charge in [0.05, 0.1) is 0 Å². The van der Waals surface area contributed by atoms with Crippen LogP contribution < -0.4 is 0 Å². The molecule has 4 nitrogen and oxygen atoms in total. The molecule has 0 fully saturated rings. The Balaban J connectivity index is -0.0000000800. The van der Waals surface area contributed by atoms with Crippen LogP contribution in [-0.2, 0) is 18.1 Å². The van der Waals surface area contributed by atoms with E-state index in [0.717, 1.165) is 0 Å². The first-order chi connectivity index (χ1) is 2.00. The van der Waals surface area contributed by atoms with Crippen molar-refractivity contribution in [3.63, 3.8) is 0 Å². The van der Waals surface area contributed by atoms with Gasteiger partial charge in [-0.05, 0) is 0 Å². The summed E-state index contributed by atoms with van der Waals surface area (Å²) in [7, 11) is 0. The molecule has 0 heterocycles. The van der Waals surface area contributed by atoms with Gasteiger partial charge in [-0.15, -0.1) is 0 Å². The van der Waals surface area contributed by atoms with E-state index in [4.69, 9.17) is 14.8 Å². The van der Waals surface area contributed by atoms with Gasteiger partial charge in [0.2, 0.25) is 0 Å². The number of rotatable bonds is 0. The summed E-state index contributed by atoms with van der Waals surface area (Å²) in [6, 6.07) is 0. The number of halogens is 1. The molecule has 0 aromatic heterocycles. The predicted molar refractivity (Wildman–Crippen MR) is 18.5 cm³/mol. The van der Waals surface area contributed by atoms with Crippen LogP contribution in [0.3, 0.4) is 0 Å². The van der Waals surface area contributed by atoms with Gasteiger partial charge in [-0.25, -0.2) is 0 Å². The third-order valence-corrected chi connectivity index (χ3v) is 0. The second kappa shape index (κ2) is 6.24. The topological polar surface area (TPSA) is 80.9 Å². The second-order valence-electron chi connectivity index (χ2n) is 0.600. The van der Waals surface area contributed by atoms with Gasteiger partial charge in [0.15, 0.2) is 0 Å². The molecule has 4 N–H and O–H groups in total. The maximum atomic E-state index is 7.38. The summed E-state index contributed by atoms with van der Waals surface area (Å²) < 4.78 is 29.5. The van der Waals surface area contributed by atoms with Gasteiger partial charge in [-0.1, -0.05) is 0 Å². The van der Waals surface area contributed by atoms with E-state index in [1.807, 2.05) is 0 Å². The Labute approximate surface area is 87.2 Å². The SMILES string of the molecule is F.[KH].[OH][Ti]([OH])([OH])[OH]. The van der Waals surface area contributed by atoms with Crippen molar-refractivity contribution < 1.29 is 37.6 Å². The van der Waals surface area contributed by atoms with Crippen LogP contribution >= 0.6 is 0 Å². The average molecular weight is 176 g/mol. The molecule has 0 atom stereocenters. The summed E-state index contributed by atoms with van der Waals surface area (Å²) in [5.41, 5.74) is 0. The molecule has 0 aliphatic rings. The summed E-state index contributed by atoms with van der Waals surface area (Å²) >= 11 is -5.00. The first kappa shape index (κ1) is 16.1. The first-order valence-corrected chi connectivity index (χ1v) is 3.69. The summed E-state index contributed by atoms with van der Waals surface area (Å²) in [5.74, 6) is 0. The monoisotopic (exact) mass is 176 g/mol. The Morgan fingerprint density at radius 3 is 0.857 bits per heavy atom. The van der Waals surface area contributed by atoms with Crippen LogP contribution in [0.2, 0.25) is 0 Å². The molecule has 0 aliphatic carbocycles. The van der Waals surface area contributed by atoms with E-state index in [1.54, 1.807) is 0 Å². The van der Waals surface area contributed by atoms with Gasteiger partial charge < -0.3 is 0 Å². The van der Waals surface area contributed by atoms with Crippen LogP contribution in [0.5, 0.6) is 0 Å². The molecular formula is H6FKO4Ti. The van der Waals surface area contributed by atoms with Crippen LogP contribution in [0.1, 0.15) is 0 Å². The second-order valence-corrected chi connectivity index (χ2v) is 2.47. The van der Waals surface area contributed by atoms with E-state index in [-0.39, 0.29) is 56.1 Å². The molecular weight excluding hydrogens is 170 g/mol. The summed E-state index contributed by atoms with van der Waals surface area (Å²) in [4.78, 5) is 0. The average Bonchev–Trinajstić information content (AvgIpc) is 0.722. The standard InChI is InChI=1S/FH.K.4H2O.Ti.H/h1H;;4*1H2;;/q;;;;;;+4;/p-4. The van der Waals surface area contributed by atoms with Gasteiger partial charge in [0, 0.05) is 0 Å². The van der Waals surface area contributed by atoms with E-state index in [2.05, 4.69) is 0 Å². The molecule has 7 heavy (non-hydrogen) atoms. The van der Waals surface area contributed by atoms with Crippen molar-refractivity contribution in [2.45, 2.75) is 0 Å². The van der Waals surface area contributed by atoms with E-state index in [1.165, 1.54) is 0 Å². The molecule has 7 heteroatoms. The fourth-order valence-corrected chi connectivity index (χ4v) is 0. The van der Waals surface area contributed by atoms with E-state index in [0.29, 0.717) is 0 Å². The molecule has 42 valence electrons. The van der Waals surface area contributed by atoms with Gasteiger partial charge >= 0.3 is 84.3 Å². The molecule has 0 bridgehead atoms. The van der Waals surface area contributed by atoms with Crippen LogP contribution in [0.15, 0.2) is 0 Å². The summed E-state index contributed by atoms with van der Waals surface area (Å²) in [6.45, 7) is 0. The van der Waals surface area contributed by atoms with E-state index in [9.17, 15) is 0 Å². The zero-order valence-corrected chi connectivity index (χ0v) is 4.26. The maximum absolute atomic E-state index is 7.38. The normalized spacial score (nSPS) is 8.57. The van der Waals surface area contributed by atoms with E-state index >= 15 is 0 Å². The fraction of sp³-hybridized carbons (Fsp3) is 0. The fourth-order valence-electron chi connectivity index (χ4n) is 0. The molecule has 0 rings (SSSR count).